The van der Waals surface area contributed by atoms with Crippen molar-refractivity contribution in [2.45, 2.75) is 19.4 Å². The van der Waals surface area contributed by atoms with Gasteiger partial charge in [-0.1, -0.05) is 6.07 Å². The van der Waals surface area contributed by atoms with Gasteiger partial charge in [0, 0.05) is 0 Å². The molecule has 1 unspecified atom stereocenters. The average molecular weight is 275 g/mol. The molecule has 20 heavy (non-hydrogen) atoms. The first-order valence-corrected chi connectivity index (χ1v) is 6.61. The number of ether oxygens (including phenoxy) is 2. The predicted octanol–water partition coefficient (Wildman–Crippen LogP) is 3.11. The lowest BCUT2D eigenvalue weighted by atomic mass is 10.0. The third-order valence-electron chi connectivity index (χ3n) is 3.45. The van der Waals surface area contributed by atoms with Crippen molar-refractivity contribution in [1.29, 1.82) is 0 Å². The number of hydrogen-bond donors (Lipinski definition) is 1. The molecule has 0 amide bonds. The summed E-state index contributed by atoms with van der Waals surface area (Å²) in [4.78, 5) is 0. The fraction of sp³-hybridized carbons (Fsp3) is 0.375. The second kappa shape index (κ2) is 6.48. The van der Waals surface area contributed by atoms with Crippen molar-refractivity contribution in [1.82, 2.24) is 5.32 Å². The Morgan fingerprint density at radius 1 is 1.15 bits per heavy atom. The van der Waals surface area contributed by atoms with Gasteiger partial charge in [0.1, 0.15) is 5.76 Å². The molecule has 2 rings (SSSR count). The molecule has 4 nitrogen and oxygen atoms in total. The van der Waals surface area contributed by atoms with Crippen molar-refractivity contribution in [2.75, 3.05) is 21.3 Å². The van der Waals surface area contributed by atoms with Crippen LogP contribution in [0.3, 0.4) is 0 Å². The molecule has 4 heteroatoms. The van der Waals surface area contributed by atoms with Gasteiger partial charge in [0.15, 0.2) is 11.5 Å². The van der Waals surface area contributed by atoms with E-state index in [-0.39, 0.29) is 6.04 Å². The van der Waals surface area contributed by atoms with Crippen LogP contribution in [0.4, 0.5) is 0 Å². The van der Waals surface area contributed by atoms with Crippen LogP contribution in [0.2, 0.25) is 0 Å². The van der Waals surface area contributed by atoms with Gasteiger partial charge in [-0.15, -0.1) is 0 Å². The molecule has 0 fully saturated rings. The molecule has 0 aliphatic rings. The van der Waals surface area contributed by atoms with Gasteiger partial charge < -0.3 is 19.2 Å². The van der Waals surface area contributed by atoms with Crippen LogP contribution in [0.25, 0.3) is 0 Å². The van der Waals surface area contributed by atoms with Gasteiger partial charge in [0.2, 0.25) is 0 Å². The van der Waals surface area contributed by atoms with Crippen LogP contribution < -0.4 is 14.8 Å². The molecule has 0 bridgehead atoms. The highest BCUT2D eigenvalue weighted by Gasteiger charge is 2.16. The van der Waals surface area contributed by atoms with Crippen LogP contribution in [-0.4, -0.2) is 21.3 Å². The van der Waals surface area contributed by atoms with E-state index in [1.165, 1.54) is 0 Å². The summed E-state index contributed by atoms with van der Waals surface area (Å²) in [6.07, 6.45) is 2.55. The van der Waals surface area contributed by atoms with Crippen LogP contribution in [0, 0.1) is 6.92 Å². The highest BCUT2D eigenvalue weighted by Crippen LogP contribution is 2.30. The van der Waals surface area contributed by atoms with Gasteiger partial charge in [-0.2, -0.15) is 0 Å². The van der Waals surface area contributed by atoms with E-state index in [4.69, 9.17) is 13.9 Å². The maximum atomic E-state index is 5.57. The summed E-state index contributed by atoms with van der Waals surface area (Å²) < 4.78 is 16.2. The molecule has 1 aromatic carbocycles. The van der Waals surface area contributed by atoms with Crippen LogP contribution in [0.15, 0.2) is 34.9 Å². The molecular weight excluding hydrogens is 254 g/mol. The van der Waals surface area contributed by atoms with E-state index in [0.29, 0.717) is 0 Å². The van der Waals surface area contributed by atoms with Gasteiger partial charge in [-0.05, 0) is 49.7 Å². The Morgan fingerprint density at radius 2 is 1.90 bits per heavy atom. The van der Waals surface area contributed by atoms with Crippen molar-refractivity contribution >= 4 is 0 Å². The standard InChI is InChI=1S/C16H21NO3/c1-11-7-8-20-16(11)13(17-2)9-12-5-6-14(18-3)15(10-12)19-4/h5-8,10,13,17H,9H2,1-4H3. The Hall–Kier alpha value is -1.94. The van der Waals surface area contributed by atoms with Gasteiger partial charge >= 0.3 is 0 Å². The second-order valence-electron chi connectivity index (χ2n) is 4.70. The van der Waals surface area contributed by atoms with E-state index >= 15 is 0 Å². The molecule has 0 saturated carbocycles. The Balaban J connectivity index is 2.22. The first kappa shape index (κ1) is 14.5. The van der Waals surface area contributed by atoms with Crippen molar-refractivity contribution in [2.24, 2.45) is 0 Å². The lowest BCUT2D eigenvalue weighted by Crippen LogP contribution is -2.19. The number of aryl methyl sites for hydroxylation is 1. The minimum Gasteiger partial charge on any atom is -0.493 e. The van der Waals surface area contributed by atoms with Gasteiger partial charge in [-0.25, -0.2) is 0 Å². The van der Waals surface area contributed by atoms with Crippen molar-refractivity contribution in [3.63, 3.8) is 0 Å². The molecule has 2 aromatic rings. The average Bonchev–Trinajstić information content (AvgIpc) is 2.90. The first-order chi connectivity index (χ1) is 9.69. The smallest absolute Gasteiger partial charge is 0.160 e. The molecule has 0 saturated heterocycles. The van der Waals surface area contributed by atoms with E-state index in [9.17, 15) is 0 Å². The normalized spacial score (nSPS) is 12.2. The summed E-state index contributed by atoms with van der Waals surface area (Å²) in [7, 11) is 5.22. The summed E-state index contributed by atoms with van der Waals surface area (Å²) in [6, 6.07) is 8.10. The van der Waals surface area contributed by atoms with Crippen molar-refractivity contribution < 1.29 is 13.9 Å². The number of rotatable bonds is 6. The van der Waals surface area contributed by atoms with Gasteiger partial charge in [0.25, 0.3) is 0 Å². The number of benzene rings is 1. The fourth-order valence-corrected chi connectivity index (χ4v) is 2.31. The summed E-state index contributed by atoms with van der Waals surface area (Å²) in [5.41, 5.74) is 2.32. The minimum atomic E-state index is 0.142. The number of methoxy groups -OCH3 is 2. The molecule has 1 aromatic heterocycles. The quantitative estimate of drug-likeness (QED) is 0.879. The van der Waals surface area contributed by atoms with E-state index < -0.39 is 0 Å². The van der Waals surface area contributed by atoms with Crippen LogP contribution in [-0.2, 0) is 6.42 Å². The Bertz CT molecular complexity index is 563. The zero-order valence-electron chi connectivity index (χ0n) is 12.4. The van der Waals surface area contributed by atoms with Crippen LogP contribution in [0.1, 0.15) is 22.9 Å². The number of likely N-dealkylation sites (N-methyl/N-ethyl adjacent to an activating group) is 1. The molecule has 0 radical (unpaired) electrons. The van der Waals surface area contributed by atoms with Gasteiger partial charge in [0.05, 0.1) is 26.5 Å². The number of furan rings is 1. The van der Waals surface area contributed by atoms with Crippen LogP contribution >= 0.6 is 0 Å². The van der Waals surface area contributed by atoms with Crippen molar-refractivity contribution in [3.8, 4) is 11.5 Å². The zero-order valence-corrected chi connectivity index (χ0v) is 12.4. The highest BCUT2D eigenvalue weighted by molar-refractivity contribution is 5.43. The molecule has 1 heterocycles. The Kier molecular flexibility index (Phi) is 4.69. The first-order valence-electron chi connectivity index (χ1n) is 6.61. The molecule has 0 aliphatic carbocycles. The summed E-state index contributed by atoms with van der Waals surface area (Å²) in [5.74, 6) is 2.46. The maximum Gasteiger partial charge on any atom is 0.160 e. The highest BCUT2D eigenvalue weighted by atomic mass is 16.5. The molecule has 0 spiro atoms. The fourth-order valence-electron chi connectivity index (χ4n) is 2.31. The minimum absolute atomic E-state index is 0.142. The monoisotopic (exact) mass is 275 g/mol. The maximum absolute atomic E-state index is 5.57. The molecular formula is C16H21NO3. The topological polar surface area (TPSA) is 43.6 Å². The Morgan fingerprint density at radius 3 is 2.45 bits per heavy atom. The van der Waals surface area contributed by atoms with E-state index in [1.807, 2.05) is 31.3 Å². The van der Waals surface area contributed by atoms with Crippen LogP contribution in [0.5, 0.6) is 11.5 Å². The third-order valence-corrected chi connectivity index (χ3v) is 3.45. The number of nitrogens with one attached hydrogen (secondary N) is 1. The lowest BCUT2D eigenvalue weighted by Gasteiger charge is -2.16. The molecule has 1 atom stereocenters. The molecule has 0 aliphatic heterocycles. The largest absolute Gasteiger partial charge is 0.493 e. The zero-order chi connectivity index (χ0) is 14.5. The van der Waals surface area contributed by atoms with E-state index in [0.717, 1.165) is 34.8 Å². The lowest BCUT2D eigenvalue weighted by molar-refractivity contribution is 0.354. The van der Waals surface area contributed by atoms with Crippen molar-refractivity contribution in [3.05, 3.63) is 47.4 Å². The van der Waals surface area contributed by atoms with E-state index in [2.05, 4.69) is 12.2 Å². The Labute approximate surface area is 119 Å². The summed E-state index contributed by atoms with van der Waals surface area (Å²) >= 11 is 0. The summed E-state index contributed by atoms with van der Waals surface area (Å²) in [5, 5.41) is 3.29. The second-order valence-corrected chi connectivity index (χ2v) is 4.70. The van der Waals surface area contributed by atoms with Gasteiger partial charge in [-0.3, -0.25) is 0 Å². The molecule has 1 N–H and O–H groups in total. The SMILES string of the molecule is CNC(Cc1ccc(OC)c(OC)c1)c1occc1C. The number of hydrogen-bond acceptors (Lipinski definition) is 4. The predicted molar refractivity (Wildman–Crippen MR) is 78.5 cm³/mol. The molecule has 108 valence electrons. The third kappa shape index (κ3) is 2.96. The van der Waals surface area contributed by atoms with E-state index in [1.54, 1.807) is 20.5 Å². The summed E-state index contributed by atoms with van der Waals surface area (Å²) in [6.45, 7) is 2.05.